The molecule has 10 heteroatoms. The Hall–Kier alpha value is -4.47. The number of aryl methyl sites for hydroxylation is 1. The van der Waals surface area contributed by atoms with Crippen molar-refractivity contribution >= 4 is 17.0 Å². The second kappa shape index (κ2) is 9.05. The average molecular weight is 477 g/mol. The number of benzene rings is 2. The molecule has 0 aliphatic rings. The Labute approximate surface area is 197 Å². The maximum Gasteiger partial charge on any atom is 0.280 e. The predicted molar refractivity (Wildman–Crippen MR) is 123 cm³/mol. The third-order valence-corrected chi connectivity index (χ3v) is 5.17. The van der Waals surface area contributed by atoms with Crippen LogP contribution >= 0.6 is 0 Å². The van der Waals surface area contributed by atoms with Gasteiger partial charge in [-0.05, 0) is 61.0 Å². The number of para-hydroxylation sites is 2. The fraction of sp³-hybridized carbons (Fsp3) is 0.120. The van der Waals surface area contributed by atoms with E-state index in [1.165, 1.54) is 30.3 Å². The van der Waals surface area contributed by atoms with Crippen molar-refractivity contribution in [2.24, 2.45) is 0 Å². The summed E-state index contributed by atoms with van der Waals surface area (Å²) < 4.78 is 52.3. The van der Waals surface area contributed by atoms with Crippen LogP contribution in [-0.4, -0.2) is 19.9 Å². The van der Waals surface area contributed by atoms with Crippen molar-refractivity contribution in [3.8, 4) is 28.3 Å². The minimum atomic E-state index is -2.79. The number of oxazole rings is 1. The summed E-state index contributed by atoms with van der Waals surface area (Å²) in [6.45, 7) is 1.50. The molecule has 0 amide bonds. The second-order valence-electron chi connectivity index (χ2n) is 7.70. The molecule has 0 saturated heterocycles. The summed E-state index contributed by atoms with van der Waals surface area (Å²) in [6.07, 6.45) is -2.79. The topological polar surface area (TPSA) is 100.0 Å². The van der Waals surface area contributed by atoms with Gasteiger partial charge in [0.2, 0.25) is 17.7 Å². The molecule has 0 bridgehead atoms. The maximum absolute atomic E-state index is 13.6. The summed E-state index contributed by atoms with van der Waals surface area (Å²) in [5.41, 5.74) is 8.60. The first-order chi connectivity index (χ1) is 16.9. The molecular formula is C25H18F3N5O2. The number of nitrogens with two attached hydrogens (primary N) is 1. The monoisotopic (exact) mass is 477 g/mol. The van der Waals surface area contributed by atoms with Crippen LogP contribution in [0.3, 0.4) is 0 Å². The minimum Gasteiger partial charge on any atom is -0.467 e. The van der Waals surface area contributed by atoms with Gasteiger partial charge in [0.05, 0.1) is 11.3 Å². The summed E-state index contributed by atoms with van der Waals surface area (Å²) >= 11 is 0. The van der Waals surface area contributed by atoms with E-state index < -0.39 is 17.9 Å². The molecule has 0 atom stereocenters. The van der Waals surface area contributed by atoms with Crippen LogP contribution in [-0.2, 0) is 6.61 Å². The Balaban J connectivity index is 1.65. The molecule has 0 unspecified atom stereocenters. The van der Waals surface area contributed by atoms with E-state index in [2.05, 4.69) is 19.9 Å². The van der Waals surface area contributed by atoms with Gasteiger partial charge in [0.1, 0.15) is 17.0 Å². The number of hydrogen-bond acceptors (Lipinski definition) is 7. The number of anilines is 1. The summed E-state index contributed by atoms with van der Waals surface area (Å²) in [4.78, 5) is 16.8. The molecular weight excluding hydrogens is 459 g/mol. The van der Waals surface area contributed by atoms with Gasteiger partial charge in [0.15, 0.2) is 12.2 Å². The number of halogens is 3. The van der Waals surface area contributed by atoms with E-state index in [1.54, 1.807) is 25.1 Å². The number of fused-ring (bicyclic) bond motifs is 1. The highest BCUT2D eigenvalue weighted by Gasteiger charge is 2.22. The SMILES string of the molecule is Cc1cc(-c2c(OCc3nc4ccccc4o3)nc(N)nc2-c2ccc(F)cc2)cc(C(F)F)n1. The number of pyridine rings is 1. The van der Waals surface area contributed by atoms with E-state index in [9.17, 15) is 13.2 Å². The van der Waals surface area contributed by atoms with Gasteiger partial charge in [0, 0.05) is 11.3 Å². The van der Waals surface area contributed by atoms with Crippen molar-refractivity contribution in [1.82, 2.24) is 19.9 Å². The van der Waals surface area contributed by atoms with Crippen LogP contribution in [0.15, 0.2) is 65.1 Å². The van der Waals surface area contributed by atoms with E-state index in [4.69, 9.17) is 14.9 Å². The van der Waals surface area contributed by atoms with Crippen LogP contribution in [0.5, 0.6) is 5.88 Å². The Morgan fingerprint density at radius 1 is 0.943 bits per heavy atom. The van der Waals surface area contributed by atoms with Crippen LogP contribution in [0.1, 0.15) is 23.7 Å². The van der Waals surface area contributed by atoms with Crippen LogP contribution in [0.2, 0.25) is 0 Å². The molecule has 176 valence electrons. The lowest BCUT2D eigenvalue weighted by atomic mass is 9.99. The number of nitrogens with zero attached hydrogens (tertiary/aromatic N) is 4. The quantitative estimate of drug-likeness (QED) is 0.325. The number of hydrogen-bond donors (Lipinski definition) is 1. The van der Waals surface area contributed by atoms with Crippen LogP contribution in [0.4, 0.5) is 19.1 Å². The summed E-state index contributed by atoms with van der Waals surface area (Å²) in [5, 5.41) is 0. The number of aromatic nitrogens is 4. The zero-order valence-corrected chi connectivity index (χ0v) is 18.4. The number of ether oxygens (including phenoxy) is 1. The molecule has 2 N–H and O–H groups in total. The smallest absolute Gasteiger partial charge is 0.280 e. The fourth-order valence-corrected chi connectivity index (χ4v) is 3.70. The van der Waals surface area contributed by atoms with E-state index in [0.717, 1.165) is 0 Å². The molecule has 5 rings (SSSR count). The van der Waals surface area contributed by atoms with Gasteiger partial charge in [-0.15, -0.1) is 0 Å². The van der Waals surface area contributed by atoms with Crippen LogP contribution in [0.25, 0.3) is 33.5 Å². The van der Waals surface area contributed by atoms with Gasteiger partial charge in [0.25, 0.3) is 6.43 Å². The lowest BCUT2D eigenvalue weighted by molar-refractivity contribution is 0.146. The molecule has 0 fully saturated rings. The molecule has 35 heavy (non-hydrogen) atoms. The van der Waals surface area contributed by atoms with Crippen molar-refractivity contribution in [2.75, 3.05) is 5.73 Å². The highest BCUT2D eigenvalue weighted by Crippen LogP contribution is 2.39. The molecule has 0 aliphatic heterocycles. The second-order valence-corrected chi connectivity index (χ2v) is 7.70. The van der Waals surface area contributed by atoms with Gasteiger partial charge >= 0.3 is 0 Å². The van der Waals surface area contributed by atoms with Gasteiger partial charge in [-0.1, -0.05) is 12.1 Å². The molecule has 3 heterocycles. The Bertz CT molecular complexity index is 1490. The minimum absolute atomic E-state index is 0.0323. The van der Waals surface area contributed by atoms with Gasteiger partial charge < -0.3 is 14.9 Å². The summed E-state index contributed by atoms with van der Waals surface area (Å²) in [7, 11) is 0. The number of rotatable bonds is 6. The molecule has 2 aromatic carbocycles. The maximum atomic E-state index is 13.6. The molecule has 7 nitrogen and oxygen atoms in total. The highest BCUT2D eigenvalue weighted by atomic mass is 19.3. The Morgan fingerprint density at radius 3 is 2.46 bits per heavy atom. The molecule has 0 aliphatic carbocycles. The Kier molecular flexibility index (Phi) is 5.77. The third kappa shape index (κ3) is 4.63. The Morgan fingerprint density at radius 2 is 1.71 bits per heavy atom. The highest BCUT2D eigenvalue weighted by molar-refractivity contribution is 5.85. The molecule has 5 aromatic rings. The fourth-order valence-electron chi connectivity index (χ4n) is 3.70. The average Bonchev–Trinajstić information content (AvgIpc) is 3.25. The summed E-state index contributed by atoms with van der Waals surface area (Å²) in [5.74, 6) is -0.230. The first-order valence-electron chi connectivity index (χ1n) is 10.5. The standard InChI is InChI=1S/C25H18F3N5O2/c1-13-10-15(11-18(30-13)23(27)28)21-22(14-6-8-16(26)9-7-14)32-25(29)33-24(21)34-12-20-31-17-4-2-3-5-19(17)35-20/h2-11,23H,12H2,1H3,(H2,29,32,33). The van der Waals surface area contributed by atoms with Crippen molar-refractivity contribution < 1.29 is 22.3 Å². The largest absolute Gasteiger partial charge is 0.467 e. The summed E-state index contributed by atoms with van der Waals surface area (Å²) in [6, 6.07) is 15.6. The normalized spacial score (nSPS) is 11.3. The zero-order valence-electron chi connectivity index (χ0n) is 18.4. The number of alkyl halides is 2. The predicted octanol–water partition coefficient (Wildman–Crippen LogP) is 5.89. The van der Waals surface area contributed by atoms with Gasteiger partial charge in [-0.3, -0.25) is 4.98 Å². The van der Waals surface area contributed by atoms with Gasteiger partial charge in [-0.2, -0.15) is 4.98 Å². The molecule has 0 saturated carbocycles. The third-order valence-electron chi connectivity index (χ3n) is 5.17. The first kappa shape index (κ1) is 22.3. The molecule has 0 radical (unpaired) electrons. The van der Waals surface area contributed by atoms with Crippen LogP contribution in [0, 0.1) is 12.7 Å². The molecule has 0 spiro atoms. The van der Waals surface area contributed by atoms with Gasteiger partial charge in [-0.25, -0.2) is 23.1 Å². The van der Waals surface area contributed by atoms with Crippen LogP contribution < -0.4 is 10.5 Å². The van der Waals surface area contributed by atoms with E-state index in [0.29, 0.717) is 33.5 Å². The first-order valence-corrected chi connectivity index (χ1v) is 10.5. The van der Waals surface area contributed by atoms with Crippen molar-refractivity contribution in [3.63, 3.8) is 0 Å². The van der Waals surface area contributed by atoms with Crippen molar-refractivity contribution in [2.45, 2.75) is 20.0 Å². The molecule has 3 aromatic heterocycles. The lowest BCUT2D eigenvalue weighted by Gasteiger charge is -2.16. The number of nitrogen functional groups attached to an aromatic ring is 1. The lowest BCUT2D eigenvalue weighted by Crippen LogP contribution is -2.06. The van der Waals surface area contributed by atoms with E-state index in [-0.39, 0.29) is 30.0 Å². The van der Waals surface area contributed by atoms with E-state index >= 15 is 0 Å². The van der Waals surface area contributed by atoms with E-state index in [1.807, 2.05) is 12.1 Å². The van der Waals surface area contributed by atoms with Crippen molar-refractivity contribution in [1.29, 1.82) is 0 Å². The van der Waals surface area contributed by atoms with Crippen molar-refractivity contribution in [3.05, 3.63) is 83.8 Å². The zero-order chi connectivity index (χ0) is 24.5.